The summed E-state index contributed by atoms with van der Waals surface area (Å²) in [6.07, 6.45) is 3.87. The van der Waals surface area contributed by atoms with Gasteiger partial charge in [-0.2, -0.15) is 0 Å². The second-order valence-electron chi connectivity index (χ2n) is 15.7. The van der Waals surface area contributed by atoms with E-state index in [0.29, 0.717) is 12.4 Å². The Morgan fingerprint density at radius 3 is 2.07 bits per heavy atom. The van der Waals surface area contributed by atoms with Crippen molar-refractivity contribution in [2.45, 2.75) is 77.5 Å². The van der Waals surface area contributed by atoms with Gasteiger partial charge < -0.3 is 35.3 Å². The van der Waals surface area contributed by atoms with Crippen LogP contribution < -0.4 is 10.6 Å². The van der Waals surface area contributed by atoms with Crippen LogP contribution in [0.25, 0.3) is 44.5 Å². The lowest BCUT2D eigenvalue weighted by molar-refractivity contribution is -0.135. The molecule has 4 unspecified atom stereocenters. The summed E-state index contributed by atoms with van der Waals surface area (Å²) in [5.41, 5.74) is 8.20. The van der Waals surface area contributed by atoms with Gasteiger partial charge in [-0.25, -0.2) is 19.6 Å². The van der Waals surface area contributed by atoms with Gasteiger partial charge in [0.2, 0.25) is 5.91 Å². The third-order valence-corrected chi connectivity index (χ3v) is 11.3. The average molecular weight is 761 g/mol. The van der Waals surface area contributed by atoms with Gasteiger partial charge in [-0.3, -0.25) is 9.69 Å². The third-order valence-electron chi connectivity index (χ3n) is 11.3. The summed E-state index contributed by atoms with van der Waals surface area (Å²) < 4.78 is 4.87. The lowest BCUT2D eigenvalue weighted by Crippen LogP contribution is -2.50. The van der Waals surface area contributed by atoms with Gasteiger partial charge in [0, 0.05) is 19.1 Å². The second kappa shape index (κ2) is 16.6. The third kappa shape index (κ3) is 8.28. The molecule has 0 saturated carbocycles. The highest BCUT2D eigenvalue weighted by atomic mass is 16.5. The van der Waals surface area contributed by atoms with E-state index >= 15 is 0 Å². The highest BCUT2D eigenvalue weighted by molar-refractivity contribution is 5.86. The highest BCUT2D eigenvalue weighted by Crippen LogP contribution is 2.35. The molecule has 13 nitrogen and oxygen atoms in total. The van der Waals surface area contributed by atoms with E-state index in [1.807, 2.05) is 13.8 Å². The molecule has 4 heterocycles. The van der Waals surface area contributed by atoms with Crippen molar-refractivity contribution in [3.05, 3.63) is 84.6 Å². The van der Waals surface area contributed by atoms with Crippen molar-refractivity contribution in [1.29, 1.82) is 0 Å². The minimum absolute atomic E-state index is 0.0201. The van der Waals surface area contributed by atoms with E-state index in [2.05, 4.69) is 111 Å². The zero-order valence-electron chi connectivity index (χ0n) is 32.7. The van der Waals surface area contributed by atoms with Gasteiger partial charge >= 0.3 is 12.2 Å². The normalized spacial score (nSPS) is 18.4. The van der Waals surface area contributed by atoms with Gasteiger partial charge in [0.15, 0.2) is 0 Å². The average Bonchev–Trinajstić information content (AvgIpc) is 4.03. The molecule has 13 heteroatoms. The first kappa shape index (κ1) is 38.6. The number of alkyl carbamates (subject to hydrolysis) is 1. The number of nitrogens with one attached hydrogen (secondary N) is 4. The predicted molar refractivity (Wildman–Crippen MR) is 216 cm³/mol. The van der Waals surface area contributed by atoms with Gasteiger partial charge in [-0.15, -0.1) is 0 Å². The van der Waals surface area contributed by atoms with E-state index in [-0.39, 0.29) is 35.9 Å². The summed E-state index contributed by atoms with van der Waals surface area (Å²) in [4.78, 5) is 57.6. The van der Waals surface area contributed by atoms with E-state index in [4.69, 9.17) is 9.72 Å². The monoisotopic (exact) mass is 760 g/mol. The number of carbonyl (C=O) groups is 3. The lowest BCUT2D eigenvalue weighted by atomic mass is 9.99. The smallest absolute Gasteiger partial charge is 0.407 e. The van der Waals surface area contributed by atoms with Gasteiger partial charge in [0.25, 0.3) is 0 Å². The minimum atomic E-state index is -1.20. The number of fused-ring (bicyclic) bond motifs is 1. The Morgan fingerprint density at radius 1 is 0.804 bits per heavy atom. The predicted octanol–water partition coefficient (Wildman–Crippen LogP) is 7.76. The zero-order chi connectivity index (χ0) is 39.5. The van der Waals surface area contributed by atoms with Crippen LogP contribution >= 0.6 is 0 Å². The molecule has 0 spiro atoms. The van der Waals surface area contributed by atoms with Crippen molar-refractivity contribution in [3.8, 4) is 33.5 Å². The number of aromatic amines is 2. The Bertz CT molecular complexity index is 2160. The Kier molecular flexibility index (Phi) is 11.4. The summed E-state index contributed by atoms with van der Waals surface area (Å²) in [7, 11) is 1.40. The maximum Gasteiger partial charge on any atom is 0.407 e. The van der Waals surface area contributed by atoms with Crippen molar-refractivity contribution < 1.29 is 24.2 Å². The number of carbonyl (C=O) groups excluding carboxylic acids is 2. The van der Waals surface area contributed by atoms with E-state index < -0.39 is 18.2 Å². The molecule has 3 amide bonds. The Balaban J connectivity index is 1.01. The lowest BCUT2D eigenvalue weighted by Gasteiger charge is -2.30. The quantitative estimate of drug-likeness (QED) is 0.0860. The summed E-state index contributed by atoms with van der Waals surface area (Å²) >= 11 is 0. The molecule has 0 radical (unpaired) electrons. The van der Waals surface area contributed by atoms with Crippen LogP contribution in [0.4, 0.5) is 9.59 Å². The molecular weight excluding hydrogens is 709 g/mol. The van der Waals surface area contributed by atoms with Crippen LogP contribution in [0.2, 0.25) is 0 Å². The fourth-order valence-corrected chi connectivity index (χ4v) is 8.10. The van der Waals surface area contributed by atoms with Crippen LogP contribution in [-0.4, -0.2) is 91.8 Å². The molecule has 294 valence electrons. The van der Waals surface area contributed by atoms with Crippen molar-refractivity contribution >= 4 is 29.1 Å². The molecule has 2 aliphatic heterocycles. The first-order valence-corrected chi connectivity index (χ1v) is 19.6. The number of rotatable bonds is 12. The Labute approximate surface area is 327 Å². The summed E-state index contributed by atoms with van der Waals surface area (Å²) in [6.45, 7) is 10.2. The highest BCUT2D eigenvalue weighted by Gasteiger charge is 2.37. The van der Waals surface area contributed by atoms with Crippen molar-refractivity contribution in [3.63, 3.8) is 0 Å². The zero-order valence-corrected chi connectivity index (χ0v) is 32.7. The fourth-order valence-electron chi connectivity index (χ4n) is 8.10. The number of imidazole rings is 2. The van der Waals surface area contributed by atoms with Crippen molar-refractivity contribution in [1.82, 2.24) is 40.4 Å². The van der Waals surface area contributed by atoms with Crippen molar-refractivity contribution in [2.75, 3.05) is 26.7 Å². The van der Waals surface area contributed by atoms with Crippen LogP contribution in [0.3, 0.4) is 0 Å². The summed E-state index contributed by atoms with van der Waals surface area (Å²) in [6, 6.07) is 22.4. The van der Waals surface area contributed by atoms with Crippen LogP contribution in [0.5, 0.6) is 0 Å². The number of benzene rings is 3. The van der Waals surface area contributed by atoms with Crippen LogP contribution in [-0.2, 0) is 9.53 Å². The topological polar surface area (TPSA) is 169 Å². The first-order chi connectivity index (χ1) is 27.0. The molecule has 2 saturated heterocycles. The molecule has 0 bridgehead atoms. The summed E-state index contributed by atoms with van der Waals surface area (Å²) in [5, 5.41) is 14.7. The number of aromatic nitrogens is 4. The maximum absolute atomic E-state index is 13.4. The largest absolute Gasteiger partial charge is 0.465 e. The van der Waals surface area contributed by atoms with Crippen LogP contribution in [0, 0.1) is 11.8 Å². The van der Waals surface area contributed by atoms with Gasteiger partial charge in [0.1, 0.15) is 17.7 Å². The molecule has 2 aromatic heterocycles. The second-order valence-corrected chi connectivity index (χ2v) is 15.7. The number of ether oxygens (including phenoxy) is 1. The minimum Gasteiger partial charge on any atom is -0.465 e. The van der Waals surface area contributed by atoms with Gasteiger partial charge in [-0.1, -0.05) is 82.3 Å². The van der Waals surface area contributed by atoms with Crippen molar-refractivity contribution in [2.24, 2.45) is 11.8 Å². The number of hydrogen-bond donors (Lipinski definition) is 5. The number of likely N-dealkylation sites (tertiary alicyclic amines) is 2. The van der Waals surface area contributed by atoms with E-state index in [1.165, 1.54) is 7.11 Å². The van der Waals surface area contributed by atoms with Crippen LogP contribution in [0.1, 0.15) is 77.1 Å². The Morgan fingerprint density at radius 2 is 1.43 bits per heavy atom. The molecule has 5 aromatic rings. The number of amides is 3. The number of hydrogen-bond acceptors (Lipinski definition) is 7. The first-order valence-electron chi connectivity index (χ1n) is 19.6. The molecule has 56 heavy (non-hydrogen) atoms. The van der Waals surface area contributed by atoms with E-state index in [1.54, 1.807) is 11.1 Å². The van der Waals surface area contributed by atoms with E-state index in [9.17, 15) is 19.5 Å². The number of nitrogens with zero attached hydrogens (tertiary/aromatic N) is 4. The summed E-state index contributed by atoms with van der Waals surface area (Å²) in [5.74, 6) is 1.54. The van der Waals surface area contributed by atoms with E-state index in [0.717, 1.165) is 89.1 Å². The standard InChI is InChI=1S/C43H52N8O5/c1-25(2)35(48-43(55)56-5)24-50-20-6-8-36(50)40-45-32-19-18-31(22-33(32)46-40)29-12-10-27(11-13-29)28-14-16-30(17-15-28)34-23-44-39(47-34)37-9-7-21-51(37)41(52)38(26(3)4)49-42(53)54/h10-19,22-23,25-26,35-38,49H,6-9,20-21,24H2,1-5H3,(H,44,47)(H,45,46)(H,48,55)(H,53,54). The molecule has 7 rings (SSSR count). The van der Waals surface area contributed by atoms with Crippen LogP contribution in [0.15, 0.2) is 72.9 Å². The number of carboxylic acid groups (broad SMARTS) is 1. The fraction of sp³-hybridized carbons (Fsp3) is 0.419. The Hall–Kier alpha value is -5.69. The molecule has 2 aliphatic rings. The maximum atomic E-state index is 13.4. The molecular formula is C43H52N8O5. The van der Waals surface area contributed by atoms with Gasteiger partial charge in [0.05, 0.1) is 42.1 Å². The number of methoxy groups -OCH3 is 1. The SMILES string of the molecule is COC(=O)NC(CN1CCCC1c1nc2ccc(-c3ccc(-c4ccc(-c5cnc(C6CCCN6C(=O)C(NC(=O)O)C(C)C)[nH]5)cc4)cc3)cc2[nH]1)C(C)C. The number of H-pyrrole nitrogens is 2. The van der Waals surface area contributed by atoms with Gasteiger partial charge in [-0.05, 0) is 84.0 Å². The molecule has 3 aromatic carbocycles. The molecule has 2 fully saturated rings. The molecule has 0 aliphatic carbocycles. The molecule has 5 N–H and O–H groups in total. The molecule has 4 atom stereocenters.